The highest BCUT2D eigenvalue weighted by Crippen LogP contribution is 2.59. The lowest BCUT2D eigenvalue weighted by Gasteiger charge is -2.36. The number of benzene rings is 2. The summed E-state index contributed by atoms with van der Waals surface area (Å²) in [5.74, 6) is 1.54. The summed E-state index contributed by atoms with van der Waals surface area (Å²) in [4.78, 5) is 29.0. The highest BCUT2D eigenvalue weighted by molar-refractivity contribution is 6.36. The summed E-state index contributed by atoms with van der Waals surface area (Å²) in [6.07, 6.45) is 6.97. The summed E-state index contributed by atoms with van der Waals surface area (Å²) in [7, 11) is 3.79. The zero-order valence-electron chi connectivity index (χ0n) is 23.5. The van der Waals surface area contributed by atoms with Gasteiger partial charge in [-0.15, -0.1) is 0 Å². The van der Waals surface area contributed by atoms with Crippen molar-refractivity contribution in [3.8, 4) is 6.01 Å². The smallest absolute Gasteiger partial charge is 0.318 e. The second-order valence-electron chi connectivity index (χ2n) is 11.6. The minimum absolute atomic E-state index is 0.181. The first kappa shape index (κ1) is 27.0. The number of nitrogens with zero attached hydrogens (tertiary/aromatic N) is 5. The minimum atomic E-state index is -0.181. The molecule has 4 aliphatic rings. The molecule has 3 fully saturated rings. The number of rotatable bonds is 5. The van der Waals surface area contributed by atoms with Crippen molar-refractivity contribution in [2.75, 3.05) is 56.7 Å². The lowest BCUT2D eigenvalue weighted by Crippen LogP contribution is -2.40. The number of carbonyl (C=O) groups excluding carboxylic acids is 1. The molecule has 3 aliphatic heterocycles. The van der Waals surface area contributed by atoms with Gasteiger partial charge in [0.2, 0.25) is 0 Å². The maximum absolute atomic E-state index is 12.4. The van der Waals surface area contributed by atoms with Gasteiger partial charge in [0.25, 0.3) is 0 Å². The van der Waals surface area contributed by atoms with E-state index in [0.717, 1.165) is 71.9 Å². The number of allylic oxidation sites excluding steroid dienone is 1. The van der Waals surface area contributed by atoms with Gasteiger partial charge in [-0.2, -0.15) is 9.97 Å². The third kappa shape index (κ3) is 4.94. The summed E-state index contributed by atoms with van der Waals surface area (Å²) in [6, 6.07) is 12.7. The molecular formula is C32H38ClN5O2. The number of methoxy groups -OCH3 is 1. The lowest BCUT2D eigenvalue weighted by molar-refractivity contribution is -0.120. The quantitative estimate of drug-likeness (QED) is 0.380. The van der Waals surface area contributed by atoms with Crippen LogP contribution in [0.3, 0.4) is 0 Å². The molecule has 0 N–H and O–H groups in total. The van der Waals surface area contributed by atoms with Crippen LogP contribution in [-0.4, -0.2) is 67.5 Å². The van der Waals surface area contributed by atoms with Gasteiger partial charge in [0, 0.05) is 41.7 Å². The molecule has 8 heteroatoms. The fourth-order valence-electron chi connectivity index (χ4n) is 6.80. The van der Waals surface area contributed by atoms with E-state index >= 15 is 0 Å². The number of halogens is 1. The molecule has 210 valence electrons. The Bertz CT molecular complexity index is 1430. The van der Waals surface area contributed by atoms with Gasteiger partial charge < -0.3 is 19.4 Å². The highest BCUT2D eigenvalue weighted by atomic mass is 35.5. The van der Waals surface area contributed by atoms with E-state index in [4.69, 9.17) is 26.3 Å². The summed E-state index contributed by atoms with van der Waals surface area (Å²) in [6.45, 7) is 9.53. The van der Waals surface area contributed by atoms with Crippen LogP contribution in [0, 0.1) is 11.3 Å². The van der Waals surface area contributed by atoms with E-state index in [1.54, 1.807) is 7.11 Å². The molecule has 4 heterocycles. The van der Waals surface area contributed by atoms with E-state index in [-0.39, 0.29) is 11.2 Å². The van der Waals surface area contributed by atoms with Gasteiger partial charge in [-0.05, 0) is 81.8 Å². The second-order valence-corrected chi connectivity index (χ2v) is 12.0. The molecule has 2 saturated heterocycles. The van der Waals surface area contributed by atoms with Gasteiger partial charge in [0.1, 0.15) is 5.82 Å². The molecule has 2 unspecified atom stereocenters. The maximum atomic E-state index is 12.4. The first-order chi connectivity index (χ1) is 19.4. The molecule has 0 amide bonds. The first-order valence-corrected chi connectivity index (χ1v) is 14.8. The van der Waals surface area contributed by atoms with E-state index in [1.165, 1.54) is 37.6 Å². The Morgan fingerprint density at radius 2 is 1.88 bits per heavy atom. The number of aromatic nitrogens is 2. The molecule has 2 atom stereocenters. The van der Waals surface area contributed by atoms with Crippen molar-refractivity contribution in [1.29, 1.82) is 0 Å². The average Bonchev–Trinajstić information content (AvgIpc) is 3.55. The van der Waals surface area contributed by atoms with Crippen molar-refractivity contribution in [3.05, 3.63) is 65.3 Å². The second kappa shape index (κ2) is 11.0. The summed E-state index contributed by atoms with van der Waals surface area (Å²) in [5, 5.41) is 2.96. The highest BCUT2D eigenvalue weighted by Gasteiger charge is 2.60. The van der Waals surface area contributed by atoms with Crippen molar-refractivity contribution in [2.24, 2.45) is 11.3 Å². The standard InChI is InChI=1S/C27H27ClN4O2.C5H11N/c1-3-23(33)27-11-13-32(15-18(27)14-27)25-19-10-12-31(16-21(19)29-26(30-25)34-2)22-9-5-7-17-6-4-8-20(28)24(17)22;1-6-4-2-3-5-6/h3-9,18H,1,10-16H2,2H3;2-5H2,1H3. The van der Waals surface area contributed by atoms with Gasteiger partial charge >= 0.3 is 6.01 Å². The number of fused-ring (bicyclic) bond motifs is 3. The Morgan fingerprint density at radius 3 is 2.55 bits per heavy atom. The number of carbonyl (C=O) groups is 1. The molecule has 2 aromatic carbocycles. The number of anilines is 2. The average molecular weight is 560 g/mol. The Morgan fingerprint density at radius 1 is 1.10 bits per heavy atom. The van der Waals surface area contributed by atoms with Gasteiger partial charge in [-0.25, -0.2) is 0 Å². The third-order valence-corrected chi connectivity index (χ3v) is 9.50. The van der Waals surface area contributed by atoms with E-state index in [2.05, 4.69) is 52.6 Å². The Balaban J connectivity index is 0.000000429. The number of likely N-dealkylation sites (tertiary alicyclic amines) is 1. The van der Waals surface area contributed by atoms with Crippen LogP contribution in [0.4, 0.5) is 11.5 Å². The fraction of sp³-hybridized carbons (Fsp3) is 0.469. The molecule has 0 spiro atoms. The SMILES string of the molecule is C=CC(=O)C12CCN(c3nc(OC)nc4c3CCN(c3cccc5cccc(Cl)c35)C4)CC1C2.CN1CCCC1. The monoisotopic (exact) mass is 559 g/mol. The number of hydrogen-bond donors (Lipinski definition) is 0. The van der Waals surface area contributed by atoms with Gasteiger partial charge in [-0.1, -0.05) is 42.4 Å². The number of piperidine rings is 1. The van der Waals surface area contributed by atoms with Crippen molar-refractivity contribution >= 4 is 39.7 Å². The van der Waals surface area contributed by atoms with Crippen LogP contribution in [0.1, 0.15) is 36.9 Å². The molecular weight excluding hydrogens is 522 g/mol. The van der Waals surface area contributed by atoms with Gasteiger partial charge in [0.15, 0.2) is 5.78 Å². The molecule has 1 aliphatic carbocycles. The molecule has 0 bridgehead atoms. The van der Waals surface area contributed by atoms with E-state index in [1.807, 2.05) is 12.1 Å². The van der Waals surface area contributed by atoms with Crippen LogP contribution < -0.4 is 14.5 Å². The molecule has 7 rings (SSSR count). The predicted molar refractivity (Wildman–Crippen MR) is 162 cm³/mol. The minimum Gasteiger partial charge on any atom is -0.467 e. The maximum Gasteiger partial charge on any atom is 0.318 e. The molecule has 3 aromatic rings. The van der Waals surface area contributed by atoms with Crippen LogP contribution in [-0.2, 0) is 17.8 Å². The number of hydrogen-bond acceptors (Lipinski definition) is 7. The summed E-state index contributed by atoms with van der Waals surface area (Å²) < 4.78 is 5.50. The molecule has 1 saturated carbocycles. The number of ether oxygens (including phenoxy) is 1. The van der Waals surface area contributed by atoms with E-state index in [9.17, 15) is 4.79 Å². The van der Waals surface area contributed by atoms with E-state index < -0.39 is 0 Å². The Hall–Kier alpha value is -3.16. The fourth-order valence-corrected chi connectivity index (χ4v) is 7.08. The van der Waals surface area contributed by atoms with Crippen LogP contribution in [0.5, 0.6) is 6.01 Å². The zero-order valence-corrected chi connectivity index (χ0v) is 24.3. The molecule has 0 radical (unpaired) electrons. The van der Waals surface area contributed by atoms with Crippen molar-refractivity contribution < 1.29 is 9.53 Å². The molecule has 40 heavy (non-hydrogen) atoms. The topological polar surface area (TPSA) is 61.8 Å². The predicted octanol–water partition coefficient (Wildman–Crippen LogP) is 5.54. The Labute approximate surface area is 241 Å². The van der Waals surface area contributed by atoms with Crippen LogP contribution >= 0.6 is 11.6 Å². The molecule has 7 nitrogen and oxygen atoms in total. The van der Waals surface area contributed by atoms with Gasteiger partial charge in [-0.3, -0.25) is 4.79 Å². The van der Waals surface area contributed by atoms with Crippen molar-refractivity contribution in [2.45, 2.75) is 38.6 Å². The third-order valence-electron chi connectivity index (χ3n) is 9.18. The lowest BCUT2D eigenvalue weighted by atomic mass is 9.90. The first-order valence-electron chi connectivity index (χ1n) is 14.4. The number of ketones is 1. The summed E-state index contributed by atoms with van der Waals surface area (Å²) >= 11 is 6.61. The zero-order chi connectivity index (χ0) is 27.9. The van der Waals surface area contributed by atoms with Crippen LogP contribution in [0.25, 0.3) is 10.8 Å². The largest absolute Gasteiger partial charge is 0.467 e. The summed E-state index contributed by atoms with van der Waals surface area (Å²) in [5.41, 5.74) is 3.12. The van der Waals surface area contributed by atoms with Crippen LogP contribution in [0.15, 0.2) is 49.1 Å². The normalized spacial score (nSPS) is 23.6. The van der Waals surface area contributed by atoms with Crippen molar-refractivity contribution in [3.63, 3.8) is 0 Å². The Kier molecular flexibility index (Phi) is 7.44. The molecule has 1 aromatic heterocycles. The van der Waals surface area contributed by atoms with Gasteiger partial charge in [0.05, 0.1) is 24.4 Å². The van der Waals surface area contributed by atoms with E-state index in [0.29, 0.717) is 18.5 Å². The van der Waals surface area contributed by atoms with Crippen LogP contribution in [0.2, 0.25) is 5.02 Å². The van der Waals surface area contributed by atoms with Crippen molar-refractivity contribution in [1.82, 2.24) is 14.9 Å².